The molecule has 4 rings (SSSR count). The van der Waals surface area contributed by atoms with Gasteiger partial charge in [0.2, 0.25) is 5.91 Å². The number of thioether (sulfide) groups is 1. The number of likely N-dealkylation sites (tertiary alicyclic amines) is 1. The van der Waals surface area contributed by atoms with Crippen LogP contribution in [0, 0.1) is 0 Å². The molecule has 2 aromatic rings. The van der Waals surface area contributed by atoms with E-state index >= 15 is 0 Å². The van der Waals surface area contributed by atoms with Crippen molar-refractivity contribution < 1.29 is 14.4 Å². The van der Waals surface area contributed by atoms with Crippen LogP contribution >= 0.6 is 23.4 Å². The normalized spacial score (nSPS) is 18.5. The minimum atomic E-state index is -0.425. The van der Waals surface area contributed by atoms with Gasteiger partial charge in [-0.15, -0.1) is 0 Å². The first kappa shape index (κ1) is 18.8. The summed E-state index contributed by atoms with van der Waals surface area (Å²) in [7, 11) is 0. The Kier molecular flexibility index (Phi) is 5.28. The average Bonchev–Trinajstić information content (AvgIpc) is 3.41. The molecular weight excluding hydrogens is 398 g/mol. The zero-order valence-electron chi connectivity index (χ0n) is 15.0. The van der Waals surface area contributed by atoms with Crippen LogP contribution in [0.3, 0.4) is 0 Å². The Hall–Kier alpha value is -2.51. The third-order valence-electron chi connectivity index (χ3n) is 4.79. The predicted molar refractivity (Wildman–Crippen MR) is 109 cm³/mol. The third kappa shape index (κ3) is 3.72. The van der Waals surface area contributed by atoms with Gasteiger partial charge in [0.25, 0.3) is 11.1 Å². The number of carbonyl (C=O) groups excluding carboxylic acids is 3. The maximum Gasteiger partial charge on any atom is 0.294 e. The SMILES string of the molecule is O=C(CN1C(=O)SC(=Cc2cccn2-c2ccc(Cl)cc2)C1=O)N1CCCC1. The van der Waals surface area contributed by atoms with E-state index < -0.39 is 11.1 Å². The summed E-state index contributed by atoms with van der Waals surface area (Å²) in [6, 6.07) is 11.1. The Morgan fingerprint density at radius 2 is 1.82 bits per heavy atom. The lowest BCUT2D eigenvalue weighted by Gasteiger charge is -2.18. The smallest absolute Gasteiger partial charge is 0.294 e. The molecule has 0 saturated carbocycles. The first-order chi connectivity index (χ1) is 13.5. The zero-order valence-corrected chi connectivity index (χ0v) is 16.6. The third-order valence-corrected chi connectivity index (χ3v) is 5.95. The van der Waals surface area contributed by atoms with Crippen LogP contribution in [0.2, 0.25) is 5.02 Å². The molecule has 2 aliphatic rings. The summed E-state index contributed by atoms with van der Waals surface area (Å²) in [6.07, 6.45) is 5.49. The number of carbonyl (C=O) groups is 3. The second-order valence-electron chi connectivity index (χ2n) is 6.64. The molecule has 0 unspecified atom stereocenters. The van der Waals surface area contributed by atoms with Crippen LogP contribution in [-0.2, 0) is 9.59 Å². The Labute approximate surface area is 171 Å². The molecule has 0 N–H and O–H groups in total. The minimum absolute atomic E-state index is 0.175. The Bertz CT molecular complexity index is 961. The Morgan fingerprint density at radius 3 is 2.54 bits per heavy atom. The summed E-state index contributed by atoms with van der Waals surface area (Å²) in [5.41, 5.74) is 1.66. The number of imide groups is 1. The number of amides is 3. The van der Waals surface area contributed by atoms with Crippen molar-refractivity contribution in [2.75, 3.05) is 19.6 Å². The first-order valence-electron chi connectivity index (χ1n) is 8.99. The van der Waals surface area contributed by atoms with Gasteiger partial charge in [0.05, 0.1) is 4.91 Å². The van der Waals surface area contributed by atoms with Crippen molar-refractivity contribution in [3.05, 3.63) is 58.2 Å². The van der Waals surface area contributed by atoms with Gasteiger partial charge in [0, 0.05) is 35.7 Å². The molecule has 144 valence electrons. The molecule has 3 heterocycles. The van der Waals surface area contributed by atoms with Gasteiger partial charge in [-0.1, -0.05) is 11.6 Å². The number of nitrogens with zero attached hydrogens (tertiary/aromatic N) is 3. The second kappa shape index (κ2) is 7.85. The molecule has 1 aromatic heterocycles. The number of hydrogen-bond acceptors (Lipinski definition) is 4. The van der Waals surface area contributed by atoms with E-state index in [4.69, 9.17) is 11.6 Å². The average molecular weight is 416 g/mol. The van der Waals surface area contributed by atoms with E-state index in [9.17, 15) is 14.4 Å². The highest BCUT2D eigenvalue weighted by molar-refractivity contribution is 8.18. The molecule has 2 fully saturated rings. The van der Waals surface area contributed by atoms with Gasteiger partial charge < -0.3 is 9.47 Å². The quantitative estimate of drug-likeness (QED) is 0.713. The summed E-state index contributed by atoms with van der Waals surface area (Å²) in [5.74, 6) is -0.600. The van der Waals surface area contributed by atoms with Crippen LogP contribution in [0.5, 0.6) is 0 Å². The van der Waals surface area contributed by atoms with Crippen LogP contribution in [-0.4, -0.2) is 51.1 Å². The number of aromatic nitrogens is 1. The summed E-state index contributed by atoms with van der Waals surface area (Å²) < 4.78 is 1.90. The van der Waals surface area contributed by atoms with Crippen LogP contribution < -0.4 is 0 Å². The molecule has 0 atom stereocenters. The topological polar surface area (TPSA) is 62.6 Å². The number of halogens is 1. The monoisotopic (exact) mass is 415 g/mol. The lowest BCUT2D eigenvalue weighted by molar-refractivity contribution is -0.135. The van der Waals surface area contributed by atoms with Gasteiger partial charge in [-0.2, -0.15) is 0 Å². The van der Waals surface area contributed by atoms with Gasteiger partial charge in [0.15, 0.2) is 0 Å². The van der Waals surface area contributed by atoms with Crippen molar-refractivity contribution in [2.45, 2.75) is 12.8 Å². The van der Waals surface area contributed by atoms with E-state index in [0.29, 0.717) is 23.0 Å². The molecule has 0 radical (unpaired) electrons. The summed E-state index contributed by atoms with van der Waals surface area (Å²) >= 11 is 6.81. The van der Waals surface area contributed by atoms with Crippen molar-refractivity contribution >= 4 is 46.5 Å². The fourth-order valence-electron chi connectivity index (χ4n) is 3.32. The van der Waals surface area contributed by atoms with E-state index in [1.54, 1.807) is 23.1 Å². The van der Waals surface area contributed by atoms with Gasteiger partial charge in [-0.05, 0) is 67.1 Å². The molecular formula is C20H18ClN3O3S. The van der Waals surface area contributed by atoms with Crippen LogP contribution in [0.1, 0.15) is 18.5 Å². The molecule has 28 heavy (non-hydrogen) atoms. The highest BCUT2D eigenvalue weighted by atomic mass is 35.5. The molecule has 3 amide bonds. The molecule has 2 aliphatic heterocycles. The standard InChI is InChI=1S/C20H18ClN3O3S/c21-14-5-7-15(8-6-14)23-11-3-4-16(23)12-17-19(26)24(20(27)28-17)13-18(25)22-9-1-2-10-22/h3-8,11-12H,1-2,9-10,13H2. The fourth-order valence-corrected chi connectivity index (χ4v) is 4.27. The lowest BCUT2D eigenvalue weighted by Crippen LogP contribution is -2.40. The van der Waals surface area contributed by atoms with Gasteiger partial charge >= 0.3 is 0 Å². The minimum Gasteiger partial charge on any atom is -0.341 e. The molecule has 1 aromatic carbocycles. The zero-order chi connectivity index (χ0) is 19.7. The molecule has 0 aliphatic carbocycles. The highest BCUT2D eigenvalue weighted by Crippen LogP contribution is 2.32. The van der Waals surface area contributed by atoms with Gasteiger partial charge in [-0.25, -0.2) is 0 Å². The predicted octanol–water partition coefficient (Wildman–Crippen LogP) is 3.79. The van der Waals surface area contributed by atoms with Gasteiger partial charge in [-0.3, -0.25) is 19.3 Å². The van der Waals surface area contributed by atoms with Crippen LogP contribution in [0.25, 0.3) is 11.8 Å². The molecule has 0 spiro atoms. The Morgan fingerprint density at radius 1 is 1.11 bits per heavy atom. The van der Waals surface area contributed by atoms with Crippen molar-refractivity contribution in [1.29, 1.82) is 0 Å². The molecule has 8 heteroatoms. The van der Waals surface area contributed by atoms with E-state index in [1.807, 2.05) is 35.0 Å². The van der Waals surface area contributed by atoms with E-state index in [2.05, 4.69) is 0 Å². The van der Waals surface area contributed by atoms with Crippen LogP contribution in [0.15, 0.2) is 47.5 Å². The molecule has 0 bridgehead atoms. The number of hydrogen-bond donors (Lipinski definition) is 0. The van der Waals surface area contributed by atoms with Crippen LogP contribution in [0.4, 0.5) is 4.79 Å². The van der Waals surface area contributed by atoms with Crippen molar-refractivity contribution in [3.8, 4) is 5.69 Å². The fraction of sp³-hybridized carbons (Fsp3) is 0.250. The highest BCUT2D eigenvalue weighted by Gasteiger charge is 2.37. The number of rotatable bonds is 4. The maximum absolute atomic E-state index is 12.7. The van der Waals surface area contributed by atoms with Gasteiger partial charge in [0.1, 0.15) is 6.54 Å². The summed E-state index contributed by atoms with van der Waals surface area (Å²) in [4.78, 5) is 40.4. The number of benzene rings is 1. The largest absolute Gasteiger partial charge is 0.341 e. The van der Waals surface area contributed by atoms with Crippen molar-refractivity contribution in [1.82, 2.24) is 14.4 Å². The molecule has 6 nitrogen and oxygen atoms in total. The molecule has 2 saturated heterocycles. The van der Waals surface area contributed by atoms with E-state index in [1.165, 1.54) is 0 Å². The Balaban J connectivity index is 1.54. The summed E-state index contributed by atoms with van der Waals surface area (Å²) in [6.45, 7) is 1.19. The van der Waals surface area contributed by atoms with Crippen molar-refractivity contribution in [3.63, 3.8) is 0 Å². The van der Waals surface area contributed by atoms with E-state index in [-0.39, 0.29) is 12.5 Å². The summed E-state index contributed by atoms with van der Waals surface area (Å²) in [5, 5.41) is 0.231. The van der Waals surface area contributed by atoms with Crippen molar-refractivity contribution in [2.24, 2.45) is 0 Å². The second-order valence-corrected chi connectivity index (χ2v) is 8.06. The van der Waals surface area contributed by atoms with E-state index in [0.717, 1.165) is 40.9 Å². The maximum atomic E-state index is 12.7. The first-order valence-corrected chi connectivity index (χ1v) is 10.2. The lowest BCUT2D eigenvalue weighted by atomic mass is 10.3.